The average Bonchev–Trinajstić information content (AvgIpc) is 2.30. The van der Waals surface area contributed by atoms with Crippen molar-refractivity contribution in [3.63, 3.8) is 0 Å². The number of thiophene rings is 1. The maximum absolute atomic E-state index is 11.2. The van der Waals surface area contributed by atoms with Crippen LogP contribution in [0.1, 0.15) is 15.3 Å². The van der Waals surface area contributed by atoms with Crippen molar-refractivity contribution < 1.29 is 8.42 Å². The van der Waals surface area contributed by atoms with Crippen LogP contribution in [0.25, 0.3) is 0 Å². The molecule has 0 aliphatic rings. The summed E-state index contributed by atoms with van der Waals surface area (Å²) in [7, 11) is -1.69. The topological polar surface area (TPSA) is 46.2 Å². The van der Waals surface area contributed by atoms with E-state index in [0.717, 1.165) is 15.3 Å². The standard InChI is InChI=1S/C8H13NO2S2/c1-6-4-8(7(2)12-6)5-13(10,11)9-3/h4,9H,5H2,1-3H3. The maximum atomic E-state index is 11.2. The fourth-order valence-electron chi connectivity index (χ4n) is 1.10. The minimum atomic E-state index is -3.13. The van der Waals surface area contributed by atoms with Gasteiger partial charge in [-0.2, -0.15) is 0 Å². The number of hydrogen-bond acceptors (Lipinski definition) is 3. The Balaban J connectivity index is 2.92. The molecule has 1 aromatic heterocycles. The molecule has 0 unspecified atom stereocenters. The van der Waals surface area contributed by atoms with Crippen molar-refractivity contribution in [2.24, 2.45) is 0 Å². The van der Waals surface area contributed by atoms with Crippen molar-refractivity contribution in [2.75, 3.05) is 7.05 Å². The van der Waals surface area contributed by atoms with Crippen LogP contribution in [-0.4, -0.2) is 15.5 Å². The van der Waals surface area contributed by atoms with Gasteiger partial charge in [-0.1, -0.05) is 0 Å². The molecule has 1 heterocycles. The second kappa shape index (κ2) is 3.77. The van der Waals surface area contributed by atoms with Crippen LogP contribution < -0.4 is 4.72 Å². The van der Waals surface area contributed by atoms with Gasteiger partial charge in [0.15, 0.2) is 0 Å². The Morgan fingerprint density at radius 3 is 2.46 bits per heavy atom. The quantitative estimate of drug-likeness (QED) is 0.835. The molecule has 74 valence electrons. The smallest absolute Gasteiger partial charge is 0.215 e. The van der Waals surface area contributed by atoms with Crippen LogP contribution in [0, 0.1) is 13.8 Å². The van der Waals surface area contributed by atoms with E-state index < -0.39 is 10.0 Å². The highest BCUT2D eigenvalue weighted by Gasteiger charge is 2.12. The molecule has 0 atom stereocenters. The molecule has 0 radical (unpaired) electrons. The minimum Gasteiger partial charge on any atom is -0.218 e. The molecule has 1 N–H and O–H groups in total. The third-order valence-electron chi connectivity index (χ3n) is 1.80. The molecule has 13 heavy (non-hydrogen) atoms. The molecule has 1 rings (SSSR count). The summed E-state index contributed by atoms with van der Waals surface area (Å²) in [5.41, 5.74) is 0.900. The summed E-state index contributed by atoms with van der Waals surface area (Å²) in [5, 5.41) is 0. The molecule has 5 heteroatoms. The van der Waals surface area contributed by atoms with Crippen LogP contribution in [0.5, 0.6) is 0 Å². The Morgan fingerprint density at radius 1 is 1.46 bits per heavy atom. The summed E-state index contributed by atoms with van der Waals surface area (Å²) < 4.78 is 24.8. The second-order valence-electron chi connectivity index (χ2n) is 2.90. The van der Waals surface area contributed by atoms with E-state index in [2.05, 4.69) is 4.72 Å². The van der Waals surface area contributed by atoms with E-state index in [1.165, 1.54) is 7.05 Å². The first-order valence-corrected chi connectivity index (χ1v) is 6.38. The zero-order valence-corrected chi connectivity index (χ0v) is 9.55. The molecule has 0 fully saturated rings. The SMILES string of the molecule is CNS(=O)(=O)Cc1cc(C)sc1C. The highest BCUT2D eigenvalue weighted by Crippen LogP contribution is 2.21. The van der Waals surface area contributed by atoms with Gasteiger partial charge in [-0.15, -0.1) is 11.3 Å². The van der Waals surface area contributed by atoms with Crippen molar-refractivity contribution in [3.05, 3.63) is 21.4 Å². The predicted octanol–water partition coefficient (Wildman–Crippen LogP) is 1.41. The first kappa shape index (κ1) is 10.7. The molecular formula is C8H13NO2S2. The maximum Gasteiger partial charge on any atom is 0.215 e. The van der Waals surface area contributed by atoms with Crippen molar-refractivity contribution in [1.82, 2.24) is 4.72 Å². The van der Waals surface area contributed by atoms with Crippen molar-refractivity contribution in [3.8, 4) is 0 Å². The second-order valence-corrected chi connectivity index (χ2v) is 6.29. The summed E-state index contributed by atoms with van der Waals surface area (Å²) >= 11 is 1.63. The summed E-state index contributed by atoms with van der Waals surface area (Å²) in [5.74, 6) is 0.0830. The highest BCUT2D eigenvalue weighted by atomic mass is 32.2. The zero-order chi connectivity index (χ0) is 10.1. The lowest BCUT2D eigenvalue weighted by atomic mass is 10.3. The van der Waals surface area contributed by atoms with Gasteiger partial charge in [-0.3, -0.25) is 0 Å². The summed E-state index contributed by atoms with van der Waals surface area (Å²) in [6.45, 7) is 3.92. The summed E-state index contributed by atoms with van der Waals surface area (Å²) in [6, 6.07) is 1.93. The first-order valence-electron chi connectivity index (χ1n) is 3.92. The predicted molar refractivity (Wildman–Crippen MR) is 55.5 cm³/mol. The fourth-order valence-corrected chi connectivity index (χ4v) is 2.99. The van der Waals surface area contributed by atoms with Gasteiger partial charge in [0.05, 0.1) is 5.75 Å². The van der Waals surface area contributed by atoms with Gasteiger partial charge < -0.3 is 0 Å². The lowest BCUT2D eigenvalue weighted by Gasteiger charge is -2.00. The number of hydrogen-bond donors (Lipinski definition) is 1. The Bertz CT molecular complexity index is 392. The summed E-state index contributed by atoms with van der Waals surface area (Å²) in [4.78, 5) is 2.23. The number of aryl methyl sites for hydroxylation is 2. The molecule has 0 bridgehead atoms. The largest absolute Gasteiger partial charge is 0.218 e. The normalized spacial score (nSPS) is 11.9. The Labute approximate surface area is 82.8 Å². The fraction of sp³-hybridized carbons (Fsp3) is 0.500. The molecule has 0 saturated heterocycles. The average molecular weight is 219 g/mol. The lowest BCUT2D eigenvalue weighted by molar-refractivity contribution is 0.587. The van der Waals surface area contributed by atoms with E-state index in [1.54, 1.807) is 11.3 Å². The molecule has 0 spiro atoms. The molecule has 1 aromatic rings. The van der Waals surface area contributed by atoms with Gasteiger partial charge in [0, 0.05) is 9.75 Å². The Kier molecular flexibility index (Phi) is 3.10. The van der Waals surface area contributed by atoms with Crippen molar-refractivity contribution in [2.45, 2.75) is 19.6 Å². The van der Waals surface area contributed by atoms with Gasteiger partial charge in [0.2, 0.25) is 10.0 Å². The van der Waals surface area contributed by atoms with E-state index in [4.69, 9.17) is 0 Å². The van der Waals surface area contributed by atoms with Gasteiger partial charge >= 0.3 is 0 Å². The minimum absolute atomic E-state index is 0.0830. The van der Waals surface area contributed by atoms with Gasteiger partial charge in [0.1, 0.15) is 0 Å². The Morgan fingerprint density at radius 2 is 2.08 bits per heavy atom. The first-order chi connectivity index (χ1) is 5.94. The highest BCUT2D eigenvalue weighted by molar-refractivity contribution is 7.88. The zero-order valence-electron chi connectivity index (χ0n) is 7.92. The number of nitrogens with one attached hydrogen (secondary N) is 1. The molecule has 0 aromatic carbocycles. The van der Waals surface area contributed by atoms with Crippen molar-refractivity contribution in [1.29, 1.82) is 0 Å². The van der Waals surface area contributed by atoms with Crippen LogP contribution in [0.15, 0.2) is 6.07 Å². The molecule has 0 aliphatic heterocycles. The number of sulfonamides is 1. The van der Waals surface area contributed by atoms with Crippen LogP contribution in [0.3, 0.4) is 0 Å². The molecule has 3 nitrogen and oxygen atoms in total. The van der Waals surface area contributed by atoms with Crippen LogP contribution in [0.2, 0.25) is 0 Å². The third kappa shape index (κ3) is 2.79. The van der Waals surface area contributed by atoms with Gasteiger partial charge in [0.25, 0.3) is 0 Å². The van der Waals surface area contributed by atoms with Crippen molar-refractivity contribution >= 4 is 21.4 Å². The van der Waals surface area contributed by atoms with Crippen LogP contribution >= 0.6 is 11.3 Å². The lowest BCUT2D eigenvalue weighted by Crippen LogP contribution is -2.20. The van der Waals surface area contributed by atoms with Crippen LogP contribution in [-0.2, 0) is 15.8 Å². The van der Waals surface area contributed by atoms with E-state index in [9.17, 15) is 8.42 Å². The molecule has 0 aliphatic carbocycles. The summed E-state index contributed by atoms with van der Waals surface area (Å²) in [6.07, 6.45) is 0. The third-order valence-corrected chi connectivity index (χ3v) is 4.12. The van der Waals surface area contributed by atoms with E-state index in [0.29, 0.717) is 0 Å². The van der Waals surface area contributed by atoms with Crippen LogP contribution in [0.4, 0.5) is 0 Å². The van der Waals surface area contributed by atoms with Gasteiger partial charge in [-0.05, 0) is 32.5 Å². The molecule has 0 saturated carbocycles. The molecule has 0 amide bonds. The van der Waals surface area contributed by atoms with E-state index in [-0.39, 0.29) is 5.75 Å². The molecular weight excluding hydrogens is 206 g/mol. The Hall–Kier alpha value is -0.390. The monoisotopic (exact) mass is 219 g/mol. The van der Waals surface area contributed by atoms with E-state index >= 15 is 0 Å². The number of rotatable bonds is 3. The van der Waals surface area contributed by atoms with Gasteiger partial charge in [-0.25, -0.2) is 13.1 Å². The van der Waals surface area contributed by atoms with E-state index in [1.807, 2.05) is 19.9 Å².